The maximum atomic E-state index is 13.7. The molecule has 178 valence electrons. The summed E-state index contributed by atoms with van der Waals surface area (Å²) in [4.78, 5) is 27.4. The van der Waals surface area contributed by atoms with E-state index in [2.05, 4.69) is 25.8 Å². The smallest absolute Gasteiger partial charge is 0.320 e. The molecule has 1 aromatic carbocycles. The minimum Gasteiger partial charge on any atom is -0.481 e. The number of carboxylic acid groups (broad SMARTS) is 1. The SMILES string of the molecule is O=C(Nc1ccc(O[C@H]2CC[C@H](C(=O)O)CC2)nc1)c1nnc(Nc2cc(F)c(F)cc2F)o1. The van der Waals surface area contributed by atoms with E-state index in [0.717, 1.165) is 0 Å². The van der Waals surface area contributed by atoms with Crippen molar-refractivity contribution in [3.05, 3.63) is 53.8 Å². The molecule has 1 amide bonds. The number of nitrogens with zero attached hydrogens (tertiary/aromatic N) is 3. The zero-order valence-electron chi connectivity index (χ0n) is 17.4. The molecule has 0 bridgehead atoms. The Kier molecular flexibility index (Phi) is 6.61. The molecule has 13 heteroatoms. The van der Waals surface area contributed by atoms with Crippen LogP contribution >= 0.6 is 0 Å². The van der Waals surface area contributed by atoms with Crippen LogP contribution in [0.1, 0.15) is 36.4 Å². The van der Waals surface area contributed by atoms with Gasteiger partial charge in [0.1, 0.15) is 11.9 Å². The van der Waals surface area contributed by atoms with Crippen molar-refractivity contribution < 1.29 is 37.0 Å². The summed E-state index contributed by atoms with van der Waals surface area (Å²) >= 11 is 0. The highest BCUT2D eigenvalue weighted by molar-refractivity contribution is 6.00. The molecule has 10 nitrogen and oxygen atoms in total. The molecule has 0 radical (unpaired) electrons. The zero-order valence-corrected chi connectivity index (χ0v) is 17.4. The maximum absolute atomic E-state index is 13.7. The fourth-order valence-corrected chi connectivity index (χ4v) is 3.41. The molecule has 0 aliphatic heterocycles. The van der Waals surface area contributed by atoms with E-state index < -0.39 is 46.9 Å². The lowest BCUT2D eigenvalue weighted by molar-refractivity contribution is -0.143. The van der Waals surface area contributed by atoms with Crippen molar-refractivity contribution in [1.29, 1.82) is 0 Å². The Morgan fingerprint density at radius 1 is 1.03 bits per heavy atom. The van der Waals surface area contributed by atoms with Crippen LogP contribution < -0.4 is 15.4 Å². The number of amides is 1. The lowest BCUT2D eigenvalue weighted by atomic mass is 9.87. The Balaban J connectivity index is 1.32. The minimum absolute atomic E-state index is 0.132. The lowest BCUT2D eigenvalue weighted by Gasteiger charge is -2.26. The normalized spacial score (nSPS) is 17.7. The summed E-state index contributed by atoms with van der Waals surface area (Å²) in [6.45, 7) is 0. The van der Waals surface area contributed by atoms with Gasteiger partial charge >= 0.3 is 23.8 Å². The number of carboxylic acids is 1. The molecule has 34 heavy (non-hydrogen) atoms. The third-order valence-corrected chi connectivity index (χ3v) is 5.18. The zero-order chi connectivity index (χ0) is 24.2. The van der Waals surface area contributed by atoms with Gasteiger partial charge in [-0.15, -0.1) is 5.10 Å². The number of anilines is 3. The average Bonchev–Trinajstić information content (AvgIpc) is 3.28. The van der Waals surface area contributed by atoms with Gasteiger partial charge in [0.15, 0.2) is 11.6 Å². The number of ether oxygens (including phenoxy) is 1. The molecule has 1 aliphatic rings. The van der Waals surface area contributed by atoms with Crippen molar-refractivity contribution in [2.75, 3.05) is 10.6 Å². The third kappa shape index (κ3) is 5.42. The number of hydrogen-bond donors (Lipinski definition) is 3. The van der Waals surface area contributed by atoms with E-state index in [0.29, 0.717) is 49.4 Å². The number of halogens is 3. The number of nitrogens with one attached hydrogen (secondary N) is 2. The number of carbonyl (C=O) groups is 2. The van der Waals surface area contributed by atoms with Crippen LogP contribution in [0.3, 0.4) is 0 Å². The first-order chi connectivity index (χ1) is 16.3. The van der Waals surface area contributed by atoms with Gasteiger partial charge in [-0.25, -0.2) is 18.2 Å². The molecule has 0 spiro atoms. The fourth-order valence-electron chi connectivity index (χ4n) is 3.41. The van der Waals surface area contributed by atoms with Crippen LogP contribution in [0.25, 0.3) is 0 Å². The first-order valence-corrected chi connectivity index (χ1v) is 10.2. The number of aliphatic carboxylic acids is 1. The van der Waals surface area contributed by atoms with Gasteiger partial charge in [-0.3, -0.25) is 9.59 Å². The summed E-state index contributed by atoms with van der Waals surface area (Å²) in [5.74, 6) is -5.80. The Labute approximate surface area is 190 Å². The molecular weight excluding hydrogens is 459 g/mol. The molecular formula is C21H18F3N5O5. The molecule has 2 aromatic heterocycles. The predicted octanol–water partition coefficient (Wildman–Crippen LogP) is 3.90. The van der Waals surface area contributed by atoms with Gasteiger partial charge in [-0.05, 0) is 31.7 Å². The summed E-state index contributed by atoms with van der Waals surface area (Å²) in [7, 11) is 0. The second-order valence-corrected chi connectivity index (χ2v) is 7.55. The molecule has 0 atom stereocenters. The van der Waals surface area contributed by atoms with Crippen molar-refractivity contribution in [2.24, 2.45) is 5.92 Å². The van der Waals surface area contributed by atoms with Crippen LogP contribution in [0.15, 0.2) is 34.9 Å². The third-order valence-electron chi connectivity index (χ3n) is 5.18. The van der Waals surface area contributed by atoms with Crippen molar-refractivity contribution in [1.82, 2.24) is 15.2 Å². The van der Waals surface area contributed by atoms with Crippen LogP contribution in [-0.2, 0) is 4.79 Å². The van der Waals surface area contributed by atoms with Crippen LogP contribution in [0.4, 0.5) is 30.6 Å². The van der Waals surface area contributed by atoms with Gasteiger partial charge in [0.05, 0.1) is 23.5 Å². The number of carbonyl (C=O) groups excluding carboxylic acids is 1. The van der Waals surface area contributed by atoms with Gasteiger partial charge in [0, 0.05) is 18.2 Å². The molecule has 3 aromatic rings. The second kappa shape index (κ2) is 9.77. The molecule has 2 heterocycles. The topological polar surface area (TPSA) is 139 Å². The van der Waals surface area contributed by atoms with Crippen molar-refractivity contribution >= 4 is 29.3 Å². The van der Waals surface area contributed by atoms with E-state index in [4.69, 9.17) is 14.3 Å². The van der Waals surface area contributed by atoms with Gasteiger partial charge in [0.2, 0.25) is 5.88 Å². The number of aromatic nitrogens is 3. The molecule has 3 N–H and O–H groups in total. The first-order valence-electron chi connectivity index (χ1n) is 10.2. The Bertz CT molecular complexity index is 1200. The Hall–Kier alpha value is -4.16. The Morgan fingerprint density at radius 2 is 1.76 bits per heavy atom. The van der Waals surface area contributed by atoms with E-state index in [1.807, 2.05) is 0 Å². The number of pyridine rings is 1. The number of hydrogen-bond acceptors (Lipinski definition) is 8. The first kappa shape index (κ1) is 23.0. The molecule has 1 aliphatic carbocycles. The molecule has 0 unspecified atom stereocenters. The van der Waals surface area contributed by atoms with E-state index in [-0.39, 0.29) is 12.0 Å². The van der Waals surface area contributed by atoms with Crippen molar-refractivity contribution in [2.45, 2.75) is 31.8 Å². The van der Waals surface area contributed by atoms with Crippen LogP contribution in [0.5, 0.6) is 5.88 Å². The summed E-state index contributed by atoms with van der Waals surface area (Å²) in [6, 6.07) is 3.60. The molecule has 1 saturated carbocycles. The predicted molar refractivity (Wildman–Crippen MR) is 110 cm³/mol. The lowest BCUT2D eigenvalue weighted by Crippen LogP contribution is -2.28. The quantitative estimate of drug-likeness (QED) is 0.432. The average molecular weight is 477 g/mol. The van der Waals surface area contributed by atoms with Crippen molar-refractivity contribution in [3.8, 4) is 5.88 Å². The fraction of sp³-hybridized carbons (Fsp3) is 0.286. The van der Waals surface area contributed by atoms with Gasteiger partial charge in [0.25, 0.3) is 0 Å². The van der Waals surface area contributed by atoms with Crippen LogP contribution in [-0.4, -0.2) is 38.3 Å². The van der Waals surface area contributed by atoms with E-state index in [9.17, 15) is 22.8 Å². The summed E-state index contributed by atoms with van der Waals surface area (Å²) in [5, 5.41) is 20.8. The highest BCUT2D eigenvalue weighted by Gasteiger charge is 2.27. The Morgan fingerprint density at radius 3 is 2.44 bits per heavy atom. The molecule has 4 rings (SSSR count). The number of rotatable bonds is 7. The summed E-state index contributed by atoms with van der Waals surface area (Å²) in [6.07, 6.45) is 3.52. The van der Waals surface area contributed by atoms with Crippen LogP contribution in [0.2, 0.25) is 0 Å². The second-order valence-electron chi connectivity index (χ2n) is 7.55. The van der Waals surface area contributed by atoms with E-state index in [1.54, 1.807) is 6.07 Å². The highest BCUT2D eigenvalue weighted by atomic mass is 19.2. The van der Waals surface area contributed by atoms with Gasteiger partial charge in [-0.2, -0.15) is 0 Å². The largest absolute Gasteiger partial charge is 0.481 e. The molecule has 1 fully saturated rings. The van der Waals surface area contributed by atoms with Gasteiger partial charge in [-0.1, -0.05) is 5.10 Å². The van der Waals surface area contributed by atoms with Crippen molar-refractivity contribution in [3.63, 3.8) is 0 Å². The highest BCUT2D eigenvalue weighted by Crippen LogP contribution is 2.27. The molecule has 0 saturated heterocycles. The minimum atomic E-state index is -1.36. The summed E-state index contributed by atoms with van der Waals surface area (Å²) in [5.41, 5.74) is -0.156. The standard InChI is InChI=1S/C21H18F3N5O5/c22-13-7-15(24)16(8-14(13)23)27-21-29-28-19(34-21)18(30)26-11-3-6-17(25-9-11)33-12-4-1-10(2-5-12)20(31)32/h3,6-10,12H,1-2,4-5H2,(H,26,30)(H,27,29)(H,31,32)/t10-,12-. The maximum Gasteiger partial charge on any atom is 0.320 e. The van der Waals surface area contributed by atoms with Gasteiger partial charge < -0.3 is 24.9 Å². The monoisotopic (exact) mass is 477 g/mol. The van der Waals surface area contributed by atoms with E-state index >= 15 is 0 Å². The number of benzene rings is 1. The van der Waals surface area contributed by atoms with E-state index in [1.165, 1.54) is 12.3 Å². The summed E-state index contributed by atoms with van der Waals surface area (Å²) < 4.78 is 50.9. The van der Waals surface area contributed by atoms with Crippen LogP contribution in [0, 0.1) is 23.4 Å².